The molecule has 6 heteroatoms. The number of thiazole rings is 1. The topological polar surface area (TPSA) is 53.7 Å². The third kappa shape index (κ3) is 4.28. The van der Waals surface area contributed by atoms with E-state index in [4.69, 9.17) is 4.74 Å². The van der Waals surface area contributed by atoms with Gasteiger partial charge in [-0.25, -0.2) is 0 Å². The van der Waals surface area contributed by atoms with Crippen LogP contribution in [0.15, 0.2) is 78.9 Å². The van der Waals surface area contributed by atoms with Crippen molar-refractivity contribution < 1.29 is 19.2 Å². The summed E-state index contributed by atoms with van der Waals surface area (Å²) in [5.41, 5.74) is 7.23. The molecule has 0 amide bonds. The van der Waals surface area contributed by atoms with Crippen LogP contribution < -0.4 is 9.47 Å². The maximum Gasteiger partial charge on any atom is 0.293 e. The quantitative estimate of drug-likeness (QED) is 0.130. The molecular weight excluding hydrogens is 516 g/mol. The van der Waals surface area contributed by atoms with Gasteiger partial charge in [0.1, 0.15) is 11.3 Å². The van der Waals surface area contributed by atoms with E-state index in [-0.39, 0.29) is 6.61 Å². The minimum Gasteiger partial charge on any atom is -0.461 e. The van der Waals surface area contributed by atoms with Crippen molar-refractivity contribution in [3.8, 4) is 0 Å². The lowest BCUT2D eigenvalue weighted by molar-refractivity contribution is -0.669. The Kier molecular flexibility index (Phi) is 6.58. The molecule has 40 heavy (non-hydrogen) atoms. The van der Waals surface area contributed by atoms with Crippen LogP contribution in [0.4, 0.5) is 11.4 Å². The highest BCUT2D eigenvalue weighted by Gasteiger charge is 2.42. The Morgan fingerprint density at radius 3 is 2.73 bits per heavy atom. The number of nitrogens with zero attached hydrogens (tertiary/aromatic N) is 2. The highest BCUT2D eigenvalue weighted by Crippen LogP contribution is 2.52. The molecule has 1 fully saturated rings. The summed E-state index contributed by atoms with van der Waals surface area (Å²) in [4.78, 5) is 13.3. The van der Waals surface area contributed by atoms with Gasteiger partial charge in [-0.3, -0.25) is 4.79 Å². The molecule has 2 aliphatic rings. The zero-order valence-electron chi connectivity index (χ0n) is 22.2. The minimum atomic E-state index is 0.0682. The molecule has 5 aromatic rings. The second-order valence-electron chi connectivity index (χ2n) is 10.6. The molecule has 7 rings (SSSR count). The third-order valence-electron chi connectivity index (χ3n) is 8.46. The summed E-state index contributed by atoms with van der Waals surface area (Å²) in [6.45, 7) is 1.53. The molecule has 1 aromatic heterocycles. The Balaban J connectivity index is 1.25. The molecule has 0 radical (unpaired) electrons. The average molecular weight is 548 g/mol. The highest BCUT2D eigenvalue weighted by atomic mass is 32.1. The van der Waals surface area contributed by atoms with Crippen molar-refractivity contribution in [1.82, 2.24) is 0 Å². The number of hydrogen-bond donors (Lipinski definition) is 1. The van der Waals surface area contributed by atoms with Gasteiger partial charge in [0, 0.05) is 40.9 Å². The van der Waals surface area contributed by atoms with Crippen LogP contribution in [0.25, 0.3) is 33.1 Å². The molecule has 4 aromatic carbocycles. The second-order valence-corrected chi connectivity index (χ2v) is 11.7. The number of aromatic nitrogens is 1. The number of aliphatic hydroxyl groups is 1. The molecule has 1 N–H and O–H groups in total. The monoisotopic (exact) mass is 547 g/mol. The van der Waals surface area contributed by atoms with Gasteiger partial charge in [0.2, 0.25) is 5.52 Å². The number of carbonyl (C=O) groups is 1. The van der Waals surface area contributed by atoms with Gasteiger partial charge in [-0.1, -0.05) is 60.2 Å². The number of carbonyl (C=O) groups excluding carboxylic acids is 1. The van der Waals surface area contributed by atoms with Crippen LogP contribution in [0.3, 0.4) is 0 Å². The molecule has 2 unspecified atom stereocenters. The van der Waals surface area contributed by atoms with E-state index < -0.39 is 0 Å². The van der Waals surface area contributed by atoms with E-state index in [9.17, 15) is 9.90 Å². The molecule has 5 nitrogen and oxygen atoms in total. The Hall–Kier alpha value is -4.00. The van der Waals surface area contributed by atoms with Crippen LogP contribution in [-0.2, 0) is 22.7 Å². The first-order valence-electron chi connectivity index (χ1n) is 14.0. The van der Waals surface area contributed by atoms with Gasteiger partial charge in [0.15, 0.2) is 6.54 Å². The molecule has 2 heterocycles. The van der Waals surface area contributed by atoms with E-state index in [1.54, 1.807) is 11.3 Å². The normalized spacial score (nSPS) is 18.1. The van der Waals surface area contributed by atoms with Gasteiger partial charge in [0.05, 0.1) is 6.61 Å². The van der Waals surface area contributed by atoms with Crippen molar-refractivity contribution in [3.05, 3.63) is 101 Å². The number of benzene rings is 4. The fourth-order valence-electron chi connectivity index (χ4n) is 6.62. The molecule has 1 saturated carbocycles. The first-order valence-corrected chi connectivity index (χ1v) is 14.8. The summed E-state index contributed by atoms with van der Waals surface area (Å²) in [7, 11) is 0. The van der Waals surface area contributed by atoms with E-state index >= 15 is 0 Å². The fourth-order valence-corrected chi connectivity index (χ4v) is 7.84. The van der Waals surface area contributed by atoms with Gasteiger partial charge in [-0.15, -0.1) is 0 Å². The van der Waals surface area contributed by atoms with Gasteiger partial charge in [0.25, 0.3) is 11.5 Å². The van der Waals surface area contributed by atoms with Crippen molar-refractivity contribution >= 4 is 62.3 Å². The molecule has 1 aliphatic carbocycles. The lowest BCUT2D eigenvalue weighted by Crippen LogP contribution is -2.37. The first kappa shape index (κ1) is 25.0. The van der Waals surface area contributed by atoms with E-state index in [2.05, 4.69) is 88.3 Å². The smallest absolute Gasteiger partial charge is 0.293 e. The standard InChI is InChI=1S/C34H31N2O3S/c37-21-24-8-13-26(14-9-24)36-30-7-3-6-28(30)29-20-23(10-15-31(29)36)11-17-33-35(18-19-39-22-38)32-16-12-25-4-1-2-5-27(25)34(32)40-33/h1-2,4-5,8-17,20,22,28,30,37H,3,6-7,18-19,21H2/q+1. The van der Waals surface area contributed by atoms with Crippen LogP contribution in [0, 0.1) is 0 Å². The number of aliphatic hydroxyl groups excluding tert-OH is 1. The summed E-state index contributed by atoms with van der Waals surface area (Å²) in [5.74, 6) is 0.544. The van der Waals surface area contributed by atoms with Crippen molar-refractivity contribution in [3.63, 3.8) is 0 Å². The largest absolute Gasteiger partial charge is 0.461 e. The maximum atomic E-state index is 10.8. The summed E-state index contributed by atoms with van der Waals surface area (Å²) < 4.78 is 8.57. The Bertz CT molecular complexity index is 1740. The third-order valence-corrected chi connectivity index (χ3v) is 9.66. The molecule has 2 atom stereocenters. The number of ether oxygens (including phenoxy) is 1. The Morgan fingerprint density at radius 1 is 1.00 bits per heavy atom. The van der Waals surface area contributed by atoms with Crippen LogP contribution in [0.5, 0.6) is 0 Å². The predicted molar refractivity (Wildman–Crippen MR) is 162 cm³/mol. The zero-order chi connectivity index (χ0) is 27.1. The lowest BCUT2D eigenvalue weighted by Gasteiger charge is -2.27. The number of anilines is 2. The fraction of sp³-hybridized carbons (Fsp3) is 0.235. The van der Waals surface area contributed by atoms with Crippen molar-refractivity contribution in [2.24, 2.45) is 0 Å². The molecule has 0 saturated heterocycles. The predicted octanol–water partition coefficient (Wildman–Crippen LogP) is 6.97. The van der Waals surface area contributed by atoms with Crippen molar-refractivity contribution in [2.75, 3.05) is 11.5 Å². The Labute approximate surface area is 237 Å². The van der Waals surface area contributed by atoms with E-state index in [1.807, 2.05) is 12.1 Å². The summed E-state index contributed by atoms with van der Waals surface area (Å²) in [6, 6.07) is 28.5. The lowest BCUT2D eigenvalue weighted by atomic mass is 9.96. The first-order chi connectivity index (χ1) is 19.7. The number of hydrogen-bond acceptors (Lipinski definition) is 5. The minimum absolute atomic E-state index is 0.0682. The number of rotatable bonds is 8. The zero-order valence-corrected chi connectivity index (χ0v) is 23.0. The van der Waals surface area contributed by atoms with Gasteiger partial charge < -0.3 is 14.7 Å². The van der Waals surface area contributed by atoms with E-state index in [0.29, 0.717) is 31.6 Å². The molecule has 1 aliphatic heterocycles. The van der Waals surface area contributed by atoms with Crippen molar-refractivity contribution in [2.45, 2.75) is 44.4 Å². The molecule has 0 bridgehead atoms. The van der Waals surface area contributed by atoms with Crippen LogP contribution in [-0.4, -0.2) is 24.2 Å². The summed E-state index contributed by atoms with van der Waals surface area (Å²) in [5, 5.41) is 13.1. The molecule has 0 spiro atoms. The Morgan fingerprint density at radius 2 is 1.88 bits per heavy atom. The number of fused-ring (bicyclic) bond motifs is 6. The SMILES string of the molecule is O=COCC[n+]1c(C=Cc2ccc3c(c2)C2CCCC2N3c2ccc(CO)cc2)sc2c3ccccc3ccc21. The van der Waals surface area contributed by atoms with E-state index in [0.717, 1.165) is 16.1 Å². The average Bonchev–Trinajstić information content (AvgIpc) is 3.69. The molecular formula is C34H31N2O3S+. The summed E-state index contributed by atoms with van der Waals surface area (Å²) >= 11 is 1.78. The van der Waals surface area contributed by atoms with Crippen molar-refractivity contribution in [1.29, 1.82) is 0 Å². The van der Waals surface area contributed by atoms with Gasteiger partial charge in [-0.2, -0.15) is 4.57 Å². The van der Waals surface area contributed by atoms with Crippen LogP contribution in [0.1, 0.15) is 46.9 Å². The van der Waals surface area contributed by atoms with Crippen LogP contribution in [0.2, 0.25) is 0 Å². The molecule has 200 valence electrons. The summed E-state index contributed by atoms with van der Waals surface area (Å²) in [6.07, 6.45) is 8.08. The van der Waals surface area contributed by atoms with Gasteiger partial charge >= 0.3 is 0 Å². The second kappa shape index (κ2) is 10.5. The van der Waals surface area contributed by atoms with Gasteiger partial charge in [-0.05, 0) is 71.3 Å². The van der Waals surface area contributed by atoms with E-state index in [1.165, 1.54) is 57.2 Å². The van der Waals surface area contributed by atoms with Crippen LogP contribution >= 0.6 is 11.3 Å². The maximum absolute atomic E-state index is 10.8. The highest BCUT2D eigenvalue weighted by molar-refractivity contribution is 7.19.